The lowest BCUT2D eigenvalue weighted by atomic mass is 10.1. The Balaban J connectivity index is 2.12. The highest BCUT2D eigenvalue weighted by Gasteiger charge is 2.24. The molecule has 0 unspecified atom stereocenters. The molecule has 8 heteroatoms. The van der Waals surface area contributed by atoms with Crippen LogP contribution in [0.1, 0.15) is 11.1 Å². The first-order valence-corrected chi connectivity index (χ1v) is 8.05. The fourth-order valence-electron chi connectivity index (χ4n) is 1.59. The van der Waals surface area contributed by atoms with Gasteiger partial charge in [-0.05, 0) is 52.9 Å². The second kappa shape index (κ2) is 7.54. The van der Waals surface area contributed by atoms with Gasteiger partial charge in [-0.15, -0.1) is 5.10 Å². The summed E-state index contributed by atoms with van der Waals surface area (Å²) in [6.07, 6.45) is 2.76. The van der Waals surface area contributed by atoms with Crippen molar-refractivity contribution in [1.82, 2.24) is 5.32 Å². The van der Waals surface area contributed by atoms with Crippen molar-refractivity contribution in [3.05, 3.63) is 43.9 Å². The summed E-state index contributed by atoms with van der Waals surface area (Å²) in [6, 6.07) is 5.93. The molecule has 1 aliphatic rings. The summed E-state index contributed by atoms with van der Waals surface area (Å²) in [5, 5.41) is 10.8. The Morgan fingerprint density at radius 2 is 2.23 bits per heavy atom. The summed E-state index contributed by atoms with van der Waals surface area (Å²) in [4.78, 5) is 23.0. The number of halogens is 1. The number of thioether (sulfide) groups is 1. The third-order valence-electron chi connectivity index (χ3n) is 2.71. The number of hydrogen-bond donors (Lipinski definition) is 1. The van der Waals surface area contributed by atoms with E-state index in [0.29, 0.717) is 5.17 Å². The van der Waals surface area contributed by atoms with Gasteiger partial charge in [-0.25, -0.2) is 4.79 Å². The number of ether oxygens (including phenoxy) is 1. The van der Waals surface area contributed by atoms with Crippen LogP contribution in [-0.2, 0) is 14.3 Å². The van der Waals surface area contributed by atoms with Crippen LogP contribution in [0.4, 0.5) is 0 Å². The second-order valence-corrected chi connectivity index (χ2v) is 6.40. The van der Waals surface area contributed by atoms with E-state index < -0.39 is 11.9 Å². The van der Waals surface area contributed by atoms with E-state index in [9.17, 15) is 9.59 Å². The van der Waals surface area contributed by atoms with E-state index in [1.807, 2.05) is 25.1 Å². The van der Waals surface area contributed by atoms with Gasteiger partial charge in [-0.1, -0.05) is 12.1 Å². The zero-order valence-corrected chi connectivity index (χ0v) is 14.8. The lowest BCUT2D eigenvalue weighted by Gasteiger charge is -2.00. The lowest BCUT2D eigenvalue weighted by molar-refractivity contribution is -0.135. The van der Waals surface area contributed by atoms with Gasteiger partial charge in [0.1, 0.15) is 0 Å². The van der Waals surface area contributed by atoms with E-state index >= 15 is 0 Å². The number of carbonyl (C=O) groups is 2. The van der Waals surface area contributed by atoms with E-state index in [0.717, 1.165) is 32.5 Å². The molecular weight excluding hydrogens is 417 g/mol. The van der Waals surface area contributed by atoms with E-state index in [2.05, 4.69) is 42.8 Å². The molecule has 22 heavy (non-hydrogen) atoms. The molecule has 0 aliphatic carbocycles. The summed E-state index contributed by atoms with van der Waals surface area (Å²) in [7, 11) is 1.25. The minimum atomic E-state index is -0.586. The van der Waals surface area contributed by atoms with Gasteiger partial charge in [0.25, 0.3) is 5.91 Å². The van der Waals surface area contributed by atoms with Crippen LogP contribution in [0.5, 0.6) is 0 Å². The van der Waals surface area contributed by atoms with Crippen molar-refractivity contribution in [2.45, 2.75) is 6.92 Å². The zero-order chi connectivity index (χ0) is 16.1. The minimum Gasteiger partial charge on any atom is -0.466 e. The first kappa shape index (κ1) is 16.7. The number of carbonyl (C=O) groups excluding carboxylic acids is 2. The molecule has 1 aromatic carbocycles. The number of amidine groups is 1. The number of esters is 1. The minimum absolute atomic E-state index is 0.228. The van der Waals surface area contributed by atoms with E-state index in [1.165, 1.54) is 7.11 Å². The van der Waals surface area contributed by atoms with Crippen molar-refractivity contribution in [3.8, 4) is 0 Å². The molecule has 0 radical (unpaired) electrons. The largest absolute Gasteiger partial charge is 0.466 e. The van der Waals surface area contributed by atoms with Crippen LogP contribution < -0.4 is 5.32 Å². The molecule has 0 spiro atoms. The van der Waals surface area contributed by atoms with Gasteiger partial charge < -0.3 is 4.74 Å². The summed E-state index contributed by atoms with van der Waals surface area (Å²) in [5.41, 5.74) is 2.07. The lowest BCUT2D eigenvalue weighted by Crippen LogP contribution is -2.19. The third kappa shape index (κ3) is 4.17. The Hall–Kier alpha value is -1.68. The van der Waals surface area contributed by atoms with Crippen molar-refractivity contribution in [2.24, 2.45) is 10.2 Å². The molecule has 1 aliphatic heterocycles. The topological polar surface area (TPSA) is 80.1 Å². The van der Waals surface area contributed by atoms with Crippen LogP contribution in [0.3, 0.4) is 0 Å². The number of methoxy groups -OCH3 is 1. The number of nitrogens with one attached hydrogen (secondary N) is 1. The highest BCUT2D eigenvalue weighted by Crippen LogP contribution is 2.23. The maximum atomic E-state index is 11.6. The fraction of sp³-hybridized carbons (Fsp3) is 0.143. The smallest absolute Gasteiger partial charge is 0.331 e. The van der Waals surface area contributed by atoms with Crippen LogP contribution in [0.2, 0.25) is 0 Å². The molecule has 2 rings (SSSR count). The van der Waals surface area contributed by atoms with Crippen molar-refractivity contribution >= 4 is 57.6 Å². The van der Waals surface area contributed by atoms with Crippen molar-refractivity contribution in [1.29, 1.82) is 0 Å². The number of amides is 1. The molecule has 6 nitrogen and oxygen atoms in total. The van der Waals surface area contributed by atoms with Gasteiger partial charge >= 0.3 is 5.97 Å². The van der Waals surface area contributed by atoms with Crippen LogP contribution in [-0.4, -0.2) is 30.4 Å². The summed E-state index contributed by atoms with van der Waals surface area (Å²) >= 11 is 3.26. The predicted octanol–water partition coefficient (Wildman–Crippen LogP) is 2.21. The molecule has 0 aromatic heterocycles. The van der Waals surface area contributed by atoms with Crippen molar-refractivity contribution < 1.29 is 14.3 Å². The Kier molecular flexibility index (Phi) is 5.72. The first-order chi connectivity index (χ1) is 10.5. The van der Waals surface area contributed by atoms with Crippen LogP contribution >= 0.6 is 34.4 Å². The van der Waals surface area contributed by atoms with Crippen LogP contribution in [0.15, 0.2) is 39.4 Å². The normalized spacial score (nSPS) is 18.2. The number of benzene rings is 1. The standard InChI is InChI=1S/C14H12IN3O3S/c1-8-4-3-5-10(15)9(8)7-16-18-14-17-13(20)11(22-14)6-12(19)21-2/h3-7H,1-2H3,(H,17,18,20)/b11-6+,16-7?. The maximum Gasteiger partial charge on any atom is 0.331 e. The molecule has 1 saturated heterocycles. The quantitative estimate of drug-likeness (QED) is 0.263. The first-order valence-electron chi connectivity index (χ1n) is 6.16. The van der Waals surface area contributed by atoms with Crippen LogP contribution in [0.25, 0.3) is 0 Å². The monoisotopic (exact) mass is 429 g/mol. The van der Waals surface area contributed by atoms with Gasteiger partial charge in [-0.2, -0.15) is 5.10 Å². The Morgan fingerprint density at radius 3 is 2.91 bits per heavy atom. The predicted molar refractivity (Wildman–Crippen MR) is 94.8 cm³/mol. The van der Waals surface area contributed by atoms with E-state index in [4.69, 9.17) is 0 Å². The number of nitrogens with zero attached hydrogens (tertiary/aromatic N) is 2. The van der Waals surface area contributed by atoms with Crippen LogP contribution in [0, 0.1) is 10.5 Å². The van der Waals surface area contributed by atoms with Gasteiger partial charge in [0.2, 0.25) is 0 Å². The molecule has 1 N–H and O–H groups in total. The number of aryl methyl sites for hydroxylation is 1. The SMILES string of the molecule is COC(=O)/C=C1/S/C(=N\N=Cc2c(C)cccc2I)NC1=O. The fourth-order valence-corrected chi connectivity index (χ4v) is 3.10. The Labute approximate surface area is 145 Å². The Morgan fingerprint density at radius 1 is 1.45 bits per heavy atom. The molecule has 0 atom stereocenters. The zero-order valence-electron chi connectivity index (χ0n) is 11.8. The molecule has 1 amide bonds. The molecule has 1 aromatic rings. The molecule has 1 heterocycles. The summed E-state index contributed by atoms with van der Waals surface area (Å²) in [5.74, 6) is -0.980. The average Bonchev–Trinajstić information content (AvgIpc) is 2.82. The number of rotatable bonds is 3. The van der Waals surface area contributed by atoms with E-state index in [1.54, 1.807) is 6.21 Å². The van der Waals surface area contributed by atoms with Gasteiger partial charge in [-0.3, -0.25) is 10.1 Å². The summed E-state index contributed by atoms with van der Waals surface area (Å²) in [6.45, 7) is 1.99. The van der Waals surface area contributed by atoms with E-state index in [-0.39, 0.29) is 4.91 Å². The molecule has 114 valence electrons. The maximum absolute atomic E-state index is 11.6. The highest BCUT2D eigenvalue weighted by atomic mass is 127. The average molecular weight is 429 g/mol. The molecular formula is C14H12IN3O3S. The highest BCUT2D eigenvalue weighted by molar-refractivity contribution is 14.1. The number of hydrogen-bond acceptors (Lipinski definition) is 6. The summed E-state index contributed by atoms with van der Waals surface area (Å²) < 4.78 is 5.55. The molecule has 1 fully saturated rings. The van der Waals surface area contributed by atoms with Gasteiger partial charge in [0.15, 0.2) is 5.17 Å². The van der Waals surface area contributed by atoms with Crippen molar-refractivity contribution in [3.63, 3.8) is 0 Å². The molecule has 0 bridgehead atoms. The Bertz CT molecular complexity index is 693. The molecule has 0 saturated carbocycles. The van der Waals surface area contributed by atoms with Gasteiger partial charge in [0.05, 0.1) is 18.2 Å². The van der Waals surface area contributed by atoms with Crippen molar-refractivity contribution in [2.75, 3.05) is 7.11 Å². The van der Waals surface area contributed by atoms with Gasteiger partial charge in [0, 0.05) is 15.2 Å². The second-order valence-electron chi connectivity index (χ2n) is 4.21. The third-order valence-corrected chi connectivity index (χ3v) is 4.55.